The zero-order chi connectivity index (χ0) is 9.84. The van der Waals surface area contributed by atoms with E-state index in [0.29, 0.717) is 12.1 Å². The summed E-state index contributed by atoms with van der Waals surface area (Å²) in [7, 11) is 3.54. The van der Waals surface area contributed by atoms with E-state index in [4.69, 9.17) is 5.26 Å². The molecule has 13 heavy (non-hydrogen) atoms. The molecule has 0 aliphatic rings. The van der Waals surface area contributed by atoms with Crippen LogP contribution in [-0.2, 0) is 6.42 Å². The first kappa shape index (κ1) is 9.53. The second-order valence-corrected chi connectivity index (χ2v) is 3.02. The molecule has 2 nitrogen and oxygen atoms in total. The van der Waals surface area contributed by atoms with Gasteiger partial charge in [-0.2, -0.15) is 5.26 Å². The maximum atomic E-state index is 13.1. The van der Waals surface area contributed by atoms with Crippen LogP contribution in [0.5, 0.6) is 0 Å². The summed E-state index contributed by atoms with van der Waals surface area (Å²) < 4.78 is 13.1. The van der Waals surface area contributed by atoms with Gasteiger partial charge in [0.1, 0.15) is 5.82 Å². The molecule has 1 aromatic rings. The highest BCUT2D eigenvalue weighted by atomic mass is 19.1. The lowest BCUT2D eigenvalue weighted by atomic mass is 10.1. The van der Waals surface area contributed by atoms with E-state index >= 15 is 0 Å². The fraction of sp³-hybridized carbons (Fsp3) is 0.300. The fourth-order valence-electron chi connectivity index (χ4n) is 1.10. The molecule has 0 bridgehead atoms. The predicted molar refractivity (Wildman–Crippen MR) is 50.0 cm³/mol. The number of anilines is 1. The summed E-state index contributed by atoms with van der Waals surface area (Å²) in [5, 5.41) is 8.46. The van der Waals surface area contributed by atoms with Crippen molar-refractivity contribution in [1.82, 2.24) is 0 Å². The van der Waals surface area contributed by atoms with Crippen LogP contribution in [0.2, 0.25) is 0 Å². The average Bonchev–Trinajstić information content (AvgIpc) is 2.08. The summed E-state index contributed by atoms with van der Waals surface area (Å²) in [6, 6.07) is 6.74. The monoisotopic (exact) mass is 178 g/mol. The van der Waals surface area contributed by atoms with Crippen LogP contribution in [0, 0.1) is 17.1 Å². The lowest BCUT2D eigenvalue weighted by Crippen LogP contribution is -2.10. The molecule has 0 saturated heterocycles. The molecule has 0 aliphatic heterocycles. The first-order valence-electron chi connectivity index (χ1n) is 3.98. The summed E-state index contributed by atoms with van der Waals surface area (Å²) >= 11 is 0. The van der Waals surface area contributed by atoms with Crippen LogP contribution in [-0.4, -0.2) is 14.1 Å². The molecule has 0 fully saturated rings. The van der Waals surface area contributed by atoms with E-state index in [-0.39, 0.29) is 5.82 Å². The Morgan fingerprint density at radius 3 is 2.69 bits per heavy atom. The molecule has 0 atom stereocenters. The molecule has 1 rings (SSSR count). The molecule has 1 aromatic carbocycles. The van der Waals surface area contributed by atoms with E-state index in [1.165, 1.54) is 6.07 Å². The largest absolute Gasteiger partial charge is 0.375 e. The van der Waals surface area contributed by atoms with Crippen LogP contribution in [0.3, 0.4) is 0 Å². The van der Waals surface area contributed by atoms with E-state index in [1.54, 1.807) is 31.1 Å². The molecule has 0 spiro atoms. The van der Waals surface area contributed by atoms with Gasteiger partial charge in [-0.15, -0.1) is 0 Å². The maximum absolute atomic E-state index is 13.1. The van der Waals surface area contributed by atoms with Crippen molar-refractivity contribution in [2.24, 2.45) is 0 Å². The van der Waals surface area contributed by atoms with Gasteiger partial charge in [-0.05, 0) is 17.7 Å². The third-order valence-corrected chi connectivity index (χ3v) is 1.78. The Morgan fingerprint density at radius 1 is 1.46 bits per heavy atom. The molecule has 0 radical (unpaired) electrons. The Hall–Kier alpha value is -1.56. The van der Waals surface area contributed by atoms with Gasteiger partial charge in [0.05, 0.1) is 18.2 Å². The summed E-state index contributed by atoms with van der Waals surface area (Å²) in [5.74, 6) is -0.258. The smallest absolute Gasteiger partial charge is 0.146 e. The Labute approximate surface area is 77.2 Å². The van der Waals surface area contributed by atoms with Gasteiger partial charge in [0.15, 0.2) is 0 Å². The van der Waals surface area contributed by atoms with Gasteiger partial charge < -0.3 is 4.90 Å². The van der Waals surface area contributed by atoms with Gasteiger partial charge in [0.25, 0.3) is 0 Å². The number of halogens is 1. The van der Waals surface area contributed by atoms with Crippen molar-refractivity contribution in [3.8, 4) is 6.07 Å². The first-order valence-corrected chi connectivity index (χ1v) is 3.98. The van der Waals surface area contributed by atoms with Gasteiger partial charge in [-0.25, -0.2) is 4.39 Å². The van der Waals surface area contributed by atoms with Crippen LogP contribution >= 0.6 is 0 Å². The molecule has 0 aliphatic carbocycles. The van der Waals surface area contributed by atoms with Crippen molar-refractivity contribution in [3.05, 3.63) is 29.6 Å². The van der Waals surface area contributed by atoms with Crippen LogP contribution in [0.15, 0.2) is 18.2 Å². The molecule has 0 saturated carbocycles. The highest BCUT2D eigenvalue weighted by Gasteiger charge is 2.04. The summed E-state index contributed by atoms with van der Waals surface area (Å²) in [5.41, 5.74) is 1.36. The molecule has 0 amide bonds. The zero-order valence-corrected chi connectivity index (χ0v) is 7.71. The standard InChI is InChI=1S/C10H11FN2/c1-13(2)10-7-8(5-6-12)3-4-9(10)11/h3-4,7H,5H2,1-2H3. The topological polar surface area (TPSA) is 27.0 Å². The second kappa shape index (κ2) is 3.90. The van der Waals surface area contributed by atoms with Gasteiger partial charge in [0.2, 0.25) is 0 Å². The molecular formula is C10H11FN2. The third-order valence-electron chi connectivity index (χ3n) is 1.78. The first-order chi connectivity index (χ1) is 6.15. The molecule has 68 valence electrons. The van der Waals surface area contributed by atoms with E-state index in [9.17, 15) is 4.39 Å². The highest BCUT2D eigenvalue weighted by molar-refractivity contribution is 5.49. The van der Waals surface area contributed by atoms with Crippen molar-refractivity contribution >= 4 is 5.69 Å². The number of hydrogen-bond donors (Lipinski definition) is 0. The van der Waals surface area contributed by atoms with E-state index in [2.05, 4.69) is 0 Å². The molecular weight excluding hydrogens is 167 g/mol. The minimum Gasteiger partial charge on any atom is -0.375 e. The normalized spacial score (nSPS) is 9.38. The zero-order valence-electron chi connectivity index (χ0n) is 7.71. The number of nitrogens with zero attached hydrogens (tertiary/aromatic N) is 2. The second-order valence-electron chi connectivity index (χ2n) is 3.02. The lowest BCUT2D eigenvalue weighted by molar-refractivity contribution is 0.625. The number of nitriles is 1. The van der Waals surface area contributed by atoms with Crippen molar-refractivity contribution in [1.29, 1.82) is 5.26 Å². The minimum absolute atomic E-state index is 0.258. The van der Waals surface area contributed by atoms with Gasteiger partial charge >= 0.3 is 0 Å². The maximum Gasteiger partial charge on any atom is 0.146 e. The quantitative estimate of drug-likeness (QED) is 0.692. The molecule has 0 unspecified atom stereocenters. The average molecular weight is 178 g/mol. The van der Waals surface area contributed by atoms with Crippen LogP contribution in [0.25, 0.3) is 0 Å². The van der Waals surface area contributed by atoms with Crippen LogP contribution < -0.4 is 4.90 Å². The molecule has 0 heterocycles. The summed E-state index contributed by atoms with van der Waals surface area (Å²) in [4.78, 5) is 1.69. The number of hydrogen-bond acceptors (Lipinski definition) is 2. The van der Waals surface area contributed by atoms with Crippen LogP contribution in [0.1, 0.15) is 5.56 Å². The third kappa shape index (κ3) is 2.19. The van der Waals surface area contributed by atoms with Gasteiger partial charge in [-0.3, -0.25) is 0 Å². The lowest BCUT2D eigenvalue weighted by Gasteiger charge is -2.13. The fourth-order valence-corrected chi connectivity index (χ4v) is 1.10. The van der Waals surface area contributed by atoms with E-state index < -0.39 is 0 Å². The highest BCUT2D eigenvalue weighted by Crippen LogP contribution is 2.18. The minimum atomic E-state index is -0.258. The van der Waals surface area contributed by atoms with E-state index in [0.717, 1.165) is 5.56 Å². The molecule has 3 heteroatoms. The van der Waals surface area contributed by atoms with Crippen molar-refractivity contribution in [3.63, 3.8) is 0 Å². The van der Waals surface area contributed by atoms with E-state index in [1.807, 2.05) is 6.07 Å². The predicted octanol–water partition coefficient (Wildman–Crippen LogP) is 1.96. The Kier molecular flexibility index (Phi) is 2.86. The van der Waals surface area contributed by atoms with Gasteiger partial charge in [-0.1, -0.05) is 6.07 Å². The summed E-state index contributed by atoms with van der Waals surface area (Å²) in [6.07, 6.45) is 0.321. The van der Waals surface area contributed by atoms with Crippen molar-refractivity contribution in [2.75, 3.05) is 19.0 Å². The van der Waals surface area contributed by atoms with Crippen LogP contribution in [0.4, 0.5) is 10.1 Å². The van der Waals surface area contributed by atoms with Crippen molar-refractivity contribution in [2.45, 2.75) is 6.42 Å². The van der Waals surface area contributed by atoms with Gasteiger partial charge in [0, 0.05) is 14.1 Å². The number of rotatable bonds is 2. The Morgan fingerprint density at radius 2 is 2.15 bits per heavy atom. The summed E-state index contributed by atoms with van der Waals surface area (Å²) in [6.45, 7) is 0. The molecule has 0 N–H and O–H groups in total. The molecule has 0 aromatic heterocycles. The Bertz CT molecular complexity index is 339. The van der Waals surface area contributed by atoms with Crippen molar-refractivity contribution < 1.29 is 4.39 Å². The SMILES string of the molecule is CN(C)c1cc(CC#N)ccc1F. The Balaban J connectivity index is 3.05. The number of benzene rings is 1.